The van der Waals surface area contributed by atoms with Gasteiger partial charge in [0.05, 0.1) is 7.11 Å². The van der Waals surface area contributed by atoms with Crippen molar-refractivity contribution in [1.29, 1.82) is 0 Å². The van der Waals surface area contributed by atoms with Crippen molar-refractivity contribution in [2.45, 2.75) is 13.0 Å². The van der Waals surface area contributed by atoms with Gasteiger partial charge in [0.1, 0.15) is 5.75 Å². The molecule has 0 atom stereocenters. The zero-order chi connectivity index (χ0) is 22.1. The Morgan fingerprint density at radius 2 is 1.75 bits per heavy atom. The summed E-state index contributed by atoms with van der Waals surface area (Å²) in [7, 11) is 1.59. The smallest absolute Gasteiger partial charge is 0.258 e. The first kappa shape index (κ1) is 19.9. The highest BCUT2D eigenvalue weighted by Crippen LogP contribution is 2.33. The standard InChI is InChI=1S/C25H22N2O5/c1-30-20-7-5-18(6-8-20)25(29)27-11-10-17-3-4-19(13-21(17)27)24(28)26-14-16-2-9-22-23(12-16)32-15-31-22/h2-9,12-13H,10-11,14-15H2,1H3,(H,26,28). The maximum atomic E-state index is 13.1. The Labute approximate surface area is 185 Å². The van der Waals surface area contributed by atoms with E-state index < -0.39 is 0 Å². The van der Waals surface area contributed by atoms with Gasteiger partial charge in [-0.2, -0.15) is 0 Å². The third-order valence-electron chi connectivity index (χ3n) is 5.72. The molecular formula is C25H22N2O5. The van der Waals surface area contributed by atoms with Crippen LogP contribution in [-0.4, -0.2) is 32.3 Å². The van der Waals surface area contributed by atoms with Crippen molar-refractivity contribution >= 4 is 17.5 Å². The number of anilines is 1. The quantitative estimate of drug-likeness (QED) is 0.670. The van der Waals surface area contributed by atoms with Gasteiger partial charge in [0.25, 0.3) is 11.8 Å². The molecule has 162 valence electrons. The molecule has 7 nitrogen and oxygen atoms in total. The maximum Gasteiger partial charge on any atom is 0.258 e. The predicted molar refractivity (Wildman–Crippen MR) is 119 cm³/mol. The average Bonchev–Trinajstić information content (AvgIpc) is 3.48. The summed E-state index contributed by atoms with van der Waals surface area (Å²) < 4.78 is 15.9. The third kappa shape index (κ3) is 3.73. The van der Waals surface area contributed by atoms with Crippen LogP contribution in [0.3, 0.4) is 0 Å². The summed E-state index contributed by atoms with van der Waals surface area (Å²) in [5, 5.41) is 2.93. The Morgan fingerprint density at radius 1 is 0.969 bits per heavy atom. The van der Waals surface area contributed by atoms with Crippen LogP contribution in [0, 0.1) is 0 Å². The van der Waals surface area contributed by atoms with Crippen molar-refractivity contribution in [3.05, 3.63) is 82.9 Å². The number of nitrogens with one attached hydrogen (secondary N) is 1. The highest BCUT2D eigenvalue weighted by molar-refractivity contribution is 6.08. The fourth-order valence-corrected chi connectivity index (χ4v) is 3.96. The van der Waals surface area contributed by atoms with Gasteiger partial charge in [-0.25, -0.2) is 0 Å². The van der Waals surface area contributed by atoms with Crippen molar-refractivity contribution in [1.82, 2.24) is 5.32 Å². The molecule has 0 saturated heterocycles. The second kappa shape index (κ2) is 8.26. The summed E-state index contributed by atoms with van der Waals surface area (Å²) in [5.74, 6) is 1.80. The largest absolute Gasteiger partial charge is 0.497 e. The zero-order valence-electron chi connectivity index (χ0n) is 17.6. The Hall–Kier alpha value is -4.00. The molecule has 2 amide bonds. The highest BCUT2D eigenvalue weighted by atomic mass is 16.7. The first-order valence-electron chi connectivity index (χ1n) is 10.4. The first-order chi connectivity index (χ1) is 15.6. The molecule has 0 aromatic heterocycles. The second-order valence-corrected chi connectivity index (χ2v) is 7.65. The molecule has 32 heavy (non-hydrogen) atoms. The maximum absolute atomic E-state index is 13.1. The fraction of sp³-hybridized carbons (Fsp3) is 0.200. The molecule has 7 heteroatoms. The molecule has 5 rings (SSSR count). The number of nitrogens with zero attached hydrogens (tertiary/aromatic N) is 1. The van der Waals surface area contributed by atoms with Crippen LogP contribution < -0.4 is 24.4 Å². The van der Waals surface area contributed by atoms with Crippen LogP contribution in [0.2, 0.25) is 0 Å². The number of hydrogen-bond donors (Lipinski definition) is 1. The van der Waals surface area contributed by atoms with Gasteiger partial charge in [-0.1, -0.05) is 12.1 Å². The molecular weight excluding hydrogens is 408 g/mol. The molecule has 3 aromatic carbocycles. The third-order valence-corrected chi connectivity index (χ3v) is 5.72. The molecule has 0 aliphatic carbocycles. The van der Waals surface area contributed by atoms with Gasteiger partial charge in [0.15, 0.2) is 11.5 Å². The number of methoxy groups -OCH3 is 1. The Balaban J connectivity index is 1.30. The SMILES string of the molecule is COc1ccc(C(=O)N2CCc3ccc(C(=O)NCc4ccc5c(c4)OCO5)cc32)cc1. The number of rotatable bonds is 5. The van der Waals surface area contributed by atoms with Gasteiger partial charge < -0.3 is 24.4 Å². The summed E-state index contributed by atoms with van der Waals surface area (Å²) in [6.45, 7) is 1.16. The molecule has 0 fully saturated rings. The number of hydrogen-bond acceptors (Lipinski definition) is 5. The van der Waals surface area contributed by atoms with E-state index in [9.17, 15) is 9.59 Å². The summed E-state index contributed by atoms with van der Waals surface area (Å²) in [5.41, 5.74) is 3.84. The van der Waals surface area contributed by atoms with Crippen molar-refractivity contribution in [3.8, 4) is 17.2 Å². The zero-order valence-corrected chi connectivity index (χ0v) is 17.6. The minimum Gasteiger partial charge on any atom is -0.497 e. The van der Waals surface area contributed by atoms with E-state index in [0.717, 1.165) is 23.2 Å². The van der Waals surface area contributed by atoms with Crippen LogP contribution >= 0.6 is 0 Å². The van der Waals surface area contributed by atoms with Crippen LogP contribution in [0.4, 0.5) is 5.69 Å². The minimum atomic E-state index is -0.200. The van der Waals surface area contributed by atoms with Gasteiger partial charge in [-0.05, 0) is 66.1 Å². The number of carbonyl (C=O) groups is 2. The van der Waals surface area contributed by atoms with E-state index in [-0.39, 0.29) is 18.6 Å². The normalized spacial score (nSPS) is 13.6. The Bertz CT molecular complexity index is 1190. The molecule has 0 radical (unpaired) electrons. The topological polar surface area (TPSA) is 77.1 Å². The molecule has 0 unspecified atom stereocenters. The van der Waals surface area contributed by atoms with Gasteiger partial charge >= 0.3 is 0 Å². The highest BCUT2D eigenvalue weighted by Gasteiger charge is 2.26. The van der Waals surface area contributed by atoms with E-state index >= 15 is 0 Å². The molecule has 0 spiro atoms. The number of carbonyl (C=O) groups excluding carboxylic acids is 2. The summed E-state index contributed by atoms with van der Waals surface area (Å²) >= 11 is 0. The molecule has 1 N–H and O–H groups in total. The number of amides is 2. The lowest BCUT2D eigenvalue weighted by atomic mass is 10.1. The van der Waals surface area contributed by atoms with E-state index in [1.165, 1.54) is 0 Å². The number of ether oxygens (including phenoxy) is 3. The Kier molecular flexibility index (Phi) is 5.15. The average molecular weight is 430 g/mol. The van der Waals surface area contributed by atoms with E-state index in [4.69, 9.17) is 14.2 Å². The molecule has 2 heterocycles. The van der Waals surface area contributed by atoms with Crippen LogP contribution in [0.15, 0.2) is 60.7 Å². The molecule has 0 bridgehead atoms. The van der Waals surface area contributed by atoms with Crippen LogP contribution in [0.5, 0.6) is 17.2 Å². The lowest BCUT2D eigenvalue weighted by Crippen LogP contribution is -2.29. The van der Waals surface area contributed by atoms with E-state index in [2.05, 4.69) is 5.32 Å². The first-order valence-corrected chi connectivity index (χ1v) is 10.4. The van der Waals surface area contributed by atoms with Gasteiger partial charge in [-0.3, -0.25) is 9.59 Å². The number of benzene rings is 3. The van der Waals surface area contributed by atoms with Gasteiger partial charge in [0, 0.05) is 29.9 Å². The molecule has 0 saturated carbocycles. The minimum absolute atomic E-state index is 0.0932. The van der Waals surface area contributed by atoms with Crippen molar-refractivity contribution in [2.75, 3.05) is 25.3 Å². The summed E-state index contributed by atoms with van der Waals surface area (Å²) in [6, 6.07) is 18.1. The molecule has 2 aliphatic rings. The molecule has 2 aliphatic heterocycles. The van der Waals surface area contributed by atoms with E-state index in [1.54, 1.807) is 48.4 Å². The monoisotopic (exact) mass is 430 g/mol. The van der Waals surface area contributed by atoms with Crippen LogP contribution in [0.1, 0.15) is 31.8 Å². The van der Waals surface area contributed by atoms with Crippen molar-refractivity contribution < 1.29 is 23.8 Å². The van der Waals surface area contributed by atoms with E-state index in [1.807, 2.05) is 24.3 Å². The van der Waals surface area contributed by atoms with E-state index in [0.29, 0.717) is 41.5 Å². The lowest BCUT2D eigenvalue weighted by Gasteiger charge is -2.18. The number of fused-ring (bicyclic) bond motifs is 2. The Morgan fingerprint density at radius 3 is 2.56 bits per heavy atom. The fourth-order valence-electron chi connectivity index (χ4n) is 3.96. The van der Waals surface area contributed by atoms with Crippen LogP contribution in [-0.2, 0) is 13.0 Å². The molecule has 3 aromatic rings. The van der Waals surface area contributed by atoms with Gasteiger partial charge in [-0.15, -0.1) is 0 Å². The predicted octanol–water partition coefficient (Wildman–Crippen LogP) is 3.56. The van der Waals surface area contributed by atoms with Gasteiger partial charge in [0.2, 0.25) is 6.79 Å². The lowest BCUT2D eigenvalue weighted by molar-refractivity contribution is 0.0948. The summed E-state index contributed by atoms with van der Waals surface area (Å²) in [6.07, 6.45) is 0.760. The van der Waals surface area contributed by atoms with Crippen molar-refractivity contribution in [2.24, 2.45) is 0 Å². The second-order valence-electron chi connectivity index (χ2n) is 7.65. The van der Waals surface area contributed by atoms with Crippen molar-refractivity contribution in [3.63, 3.8) is 0 Å². The summed E-state index contributed by atoms with van der Waals surface area (Å²) in [4.78, 5) is 27.6. The van der Waals surface area contributed by atoms with Crippen LogP contribution in [0.25, 0.3) is 0 Å².